The number of benzene rings is 2. The highest BCUT2D eigenvalue weighted by Crippen LogP contribution is 2.19. The fourth-order valence-electron chi connectivity index (χ4n) is 2.45. The number of carbonyl (C=O) groups is 1. The predicted molar refractivity (Wildman–Crippen MR) is 99.4 cm³/mol. The Bertz CT molecular complexity index is 901. The number of likely N-dealkylation sites (N-methyl/N-ethyl adjacent to an activating group) is 1. The topological polar surface area (TPSA) is 66.5 Å². The maximum Gasteiger partial charge on any atom is 0.253 e. The molecule has 26 heavy (non-hydrogen) atoms. The van der Waals surface area contributed by atoms with Crippen molar-refractivity contribution in [2.45, 2.75) is 24.3 Å². The Balaban J connectivity index is 2.22. The summed E-state index contributed by atoms with van der Waals surface area (Å²) in [6.07, 6.45) is 0.599. The van der Waals surface area contributed by atoms with Crippen molar-refractivity contribution in [2.24, 2.45) is 0 Å². The van der Waals surface area contributed by atoms with Crippen LogP contribution in [0, 0.1) is 5.82 Å². The van der Waals surface area contributed by atoms with Crippen molar-refractivity contribution in [1.29, 1.82) is 0 Å². The van der Waals surface area contributed by atoms with E-state index in [-0.39, 0.29) is 17.5 Å². The van der Waals surface area contributed by atoms with Gasteiger partial charge >= 0.3 is 0 Å². The number of carbonyl (C=O) groups excluding carboxylic acids is 1. The molecule has 1 N–H and O–H groups in total. The highest BCUT2D eigenvalue weighted by atomic mass is 35.5. The van der Waals surface area contributed by atoms with Crippen LogP contribution in [0.15, 0.2) is 47.4 Å². The van der Waals surface area contributed by atoms with E-state index >= 15 is 0 Å². The molecule has 0 aliphatic carbocycles. The van der Waals surface area contributed by atoms with Gasteiger partial charge in [0.1, 0.15) is 10.7 Å². The minimum Gasteiger partial charge on any atom is -0.339 e. The van der Waals surface area contributed by atoms with Crippen LogP contribution < -0.4 is 4.72 Å². The largest absolute Gasteiger partial charge is 0.339 e. The SMILES string of the molecule is CNS(=O)(=O)c1cc(C(=O)N(C)[C@@H](C)Cc2ccc(Cl)cc2)ccc1F. The highest BCUT2D eigenvalue weighted by Gasteiger charge is 2.23. The Morgan fingerprint density at radius 3 is 2.42 bits per heavy atom. The lowest BCUT2D eigenvalue weighted by Gasteiger charge is -2.25. The number of nitrogens with zero attached hydrogens (tertiary/aromatic N) is 1. The van der Waals surface area contributed by atoms with E-state index in [1.54, 1.807) is 19.2 Å². The summed E-state index contributed by atoms with van der Waals surface area (Å²) < 4.78 is 39.7. The lowest BCUT2D eigenvalue weighted by Crippen LogP contribution is -2.36. The Hall–Kier alpha value is -1.96. The van der Waals surface area contributed by atoms with E-state index in [9.17, 15) is 17.6 Å². The Morgan fingerprint density at radius 2 is 1.85 bits per heavy atom. The first kappa shape index (κ1) is 20.4. The summed E-state index contributed by atoms with van der Waals surface area (Å²) in [5.74, 6) is -1.30. The quantitative estimate of drug-likeness (QED) is 0.813. The van der Waals surface area contributed by atoms with Crippen LogP contribution in [0.4, 0.5) is 4.39 Å². The van der Waals surface area contributed by atoms with Crippen LogP contribution in [0.3, 0.4) is 0 Å². The van der Waals surface area contributed by atoms with Gasteiger partial charge in [-0.2, -0.15) is 0 Å². The molecule has 0 spiro atoms. The minimum atomic E-state index is -3.99. The third-order valence-corrected chi connectivity index (χ3v) is 5.84. The van der Waals surface area contributed by atoms with E-state index in [1.807, 2.05) is 19.1 Å². The lowest BCUT2D eigenvalue weighted by molar-refractivity contribution is 0.0743. The van der Waals surface area contributed by atoms with Gasteiger partial charge in [-0.25, -0.2) is 17.5 Å². The molecule has 0 bridgehead atoms. The second kappa shape index (κ2) is 8.16. The number of hydrogen-bond acceptors (Lipinski definition) is 3. The average molecular weight is 399 g/mol. The van der Waals surface area contributed by atoms with Crippen LogP contribution in [0.25, 0.3) is 0 Å². The second-order valence-corrected chi connectivity index (χ2v) is 8.24. The third-order valence-electron chi connectivity index (χ3n) is 4.16. The molecule has 0 saturated carbocycles. The van der Waals surface area contributed by atoms with Crippen molar-refractivity contribution in [3.05, 3.63) is 64.4 Å². The number of amides is 1. The molecular weight excluding hydrogens is 379 g/mol. The van der Waals surface area contributed by atoms with Gasteiger partial charge in [0.25, 0.3) is 5.91 Å². The van der Waals surface area contributed by atoms with Crippen LogP contribution in [0.1, 0.15) is 22.8 Å². The monoisotopic (exact) mass is 398 g/mol. The normalized spacial score (nSPS) is 12.7. The van der Waals surface area contributed by atoms with Crippen molar-refractivity contribution < 1.29 is 17.6 Å². The summed E-state index contributed by atoms with van der Waals surface area (Å²) in [5.41, 5.74) is 1.12. The van der Waals surface area contributed by atoms with E-state index in [4.69, 9.17) is 11.6 Å². The van der Waals surface area contributed by atoms with Gasteiger partial charge in [-0.1, -0.05) is 23.7 Å². The van der Waals surface area contributed by atoms with Crippen molar-refractivity contribution in [3.63, 3.8) is 0 Å². The fraction of sp³-hybridized carbons (Fsp3) is 0.278. The molecule has 2 aromatic rings. The molecule has 0 aliphatic rings. The molecule has 0 radical (unpaired) electrons. The van der Waals surface area contributed by atoms with Gasteiger partial charge in [0.2, 0.25) is 10.0 Å². The molecule has 1 amide bonds. The maximum atomic E-state index is 13.8. The molecule has 140 valence electrons. The maximum absolute atomic E-state index is 13.8. The number of halogens is 2. The van der Waals surface area contributed by atoms with Crippen molar-refractivity contribution in [2.75, 3.05) is 14.1 Å². The molecule has 8 heteroatoms. The Kier molecular flexibility index (Phi) is 6.39. The number of nitrogens with one attached hydrogen (secondary N) is 1. The van der Waals surface area contributed by atoms with E-state index in [0.717, 1.165) is 17.7 Å². The molecule has 2 aromatic carbocycles. The summed E-state index contributed by atoms with van der Waals surface area (Å²) in [6, 6.07) is 10.5. The zero-order valence-electron chi connectivity index (χ0n) is 14.7. The zero-order valence-corrected chi connectivity index (χ0v) is 16.2. The van der Waals surface area contributed by atoms with E-state index < -0.39 is 20.7 Å². The van der Waals surface area contributed by atoms with Crippen LogP contribution in [0.2, 0.25) is 5.02 Å². The molecule has 0 saturated heterocycles. The molecule has 0 unspecified atom stereocenters. The molecular formula is C18H20ClFN2O3S. The third kappa shape index (κ3) is 4.60. The van der Waals surface area contributed by atoms with Gasteiger partial charge < -0.3 is 4.90 Å². The summed E-state index contributed by atoms with van der Waals surface area (Å²) in [6.45, 7) is 1.88. The van der Waals surface area contributed by atoms with Crippen LogP contribution in [-0.2, 0) is 16.4 Å². The summed E-state index contributed by atoms with van der Waals surface area (Å²) in [5, 5.41) is 0.635. The fourth-order valence-corrected chi connectivity index (χ4v) is 3.41. The Morgan fingerprint density at radius 1 is 1.23 bits per heavy atom. The predicted octanol–water partition coefficient (Wildman–Crippen LogP) is 3.09. The number of hydrogen-bond donors (Lipinski definition) is 1. The smallest absolute Gasteiger partial charge is 0.253 e. The van der Waals surface area contributed by atoms with Gasteiger partial charge in [0.15, 0.2) is 0 Å². The highest BCUT2D eigenvalue weighted by molar-refractivity contribution is 7.89. The molecule has 1 atom stereocenters. The first-order valence-electron chi connectivity index (χ1n) is 7.90. The molecule has 0 fully saturated rings. The van der Waals surface area contributed by atoms with Crippen LogP contribution in [0.5, 0.6) is 0 Å². The van der Waals surface area contributed by atoms with E-state index in [1.165, 1.54) is 18.0 Å². The van der Waals surface area contributed by atoms with Crippen LogP contribution >= 0.6 is 11.6 Å². The second-order valence-electron chi connectivity index (χ2n) is 5.95. The van der Waals surface area contributed by atoms with Gasteiger partial charge in [0.05, 0.1) is 0 Å². The average Bonchev–Trinajstić information content (AvgIpc) is 2.62. The first-order chi connectivity index (χ1) is 12.2. The summed E-state index contributed by atoms with van der Waals surface area (Å²) in [7, 11) is -1.18. The van der Waals surface area contributed by atoms with Gasteiger partial charge in [-0.3, -0.25) is 4.79 Å². The minimum absolute atomic E-state index is 0.102. The Labute approximate surface area is 157 Å². The standard InChI is InChI=1S/C18H20ClFN2O3S/c1-12(10-13-4-7-15(19)8-5-13)22(3)18(23)14-6-9-16(20)17(11-14)26(24,25)21-2/h4-9,11-12,21H,10H2,1-3H3/t12-/m0/s1. The van der Waals surface area contributed by atoms with E-state index in [2.05, 4.69) is 4.72 Å². The molecule has 0 aromatic heterocycles. The van der Waals surface area contributed by atoms with Crippen molar-refractivity contribution >= 4 is 27.5 Å². The molecule has 2 rings (SSSR count). The molecule has 5 nitrogen and oxygen atoms in total. The first-order valence-corrected chi connectivity index (χ1v) is 9.76. The van der Waals surface area contributed by atoms with E-state index in [0.29, 0.717) is 11.4 Å². The van der Waals surface area contributed by atoms with Gasteiger partial charge in [-0.05, 0) is 56.3 Å². The van der Waals surface area contributed by atoms with Crippen molar-refractivity contribution in [3.8, 4) is 0 Å². The molecule has 0 heterocycles. The number of rotatable bonds is 6. The molecule has 0 aliphatic heterocycles. The summed E-state index contributed by atoms with van der Waals surface area (Å²) in [4.78, 5) is 13.6. The van der Waals surface area contributed by atoms with Gasteiger partial charge in [-0.15, -0.1) is 0 Å². The number of sulfonamides is 1. The van der Waals surface area contributed by atoms with Gasteiger partial charge in [0, 0.05) is 23.7 Å². The van der Waals surface area contributed by atoms with Crippen molar-refractivity contribution in [1.82, 2.24) is 9.62 Å². The lowest BCUT2D eigenvalue weighted by atomic mass is 10.1. The zero-order chi connectivity index (χ0) is 19.5. The van der Waals surface area contributed by atoms with Crippen LogP contribution in [-0.4, -0.2) is 39.4 Å². The summed E-state index contributed by atoms with van der Waals surface area (Å²) >= 11 is 5.87.